The molecule has 0 saturated carbocycles. The molecule has 2 aromatic rings. The third-order valence-electron chi connectivity index (χ3n) is 3.58. The van der Waals surface area contributed by atoms with Gasteiger partial charge in [-0.3, -0.25) is 14.4 Å². The average molecular weight is 414 g/mol. The van der Waals surface area contributed by atoms with Gasteiger partial charge in [-0.1, -0.05) is 12.1 Å². The maximum absolute atomic E-state index is 12.1. The number of carbonyl (C=O) groups excluding carboxylic acids is 3. The Hall–Kier alpha value is -4.08. The number of nitrogens with zero attached hydrogens (tertiary/aromatic N) is 1. The Morgan fingerprint density at radius 3 is 2.50 bits per heavy atom. The zero-order chi connectivity index (χ0) is 21.9. The highest BCUT2D eigenvalue weighted by Gasteiger charge is 2.15. The van der Waals surface area contributed by atoms with Gasteiger partial charge in [-0.25, -0.2) is 5.43 Å². The van der Waals surface area contributed by atoms with Gasteiger partial charge in [0.25, 0.3) is 5.91 Å². The van der Waals surface area contributed by atoms with E-state index in [0.717, 1.165) is 0 Å². The second kappa shape index (κ2) is 11.1. The molecule has 0 unspecified atom stereocenters. The van der Waals surface area contributed by atoms with E-state index in [2.05, 4.69) is 15.8 Å². The molecule has 0 atom stereocenters. The molecule has 0 fully saturated rings. The summed E-state index contributed by atoms with van der Waals surface area (Å²) in [6, 6.07) is 11.5. The number of rotatable bonds is 9. The van der Waals surface area contributed by atoms with E-state index in [9.17, 15) is 14.4 Å². The molecular weight excluding hydrogens is 392 g/mol. The normalized spacial score (nSPS) is 10.3. The van der Waals surface area contributed by atoms with E-state index in [-0.39, 0.29) is 6.61 Å². The number of amides is 3. The highest BCUT2D eigenvalue weighted by molar-refractivity contribution is 6.39. The molecule has 2 rings (SSSR count). The van der Waals surface area contributed by atoms with Crippen LogP contribution in [0.5, 0.6) is 17.2 Å². The molecule has 0 aliphatic rings. The number of primary amides is 1. The van der Waals surface area contributed by atoms with E-state index in [0.29, 0.717) is 35.1 Å². The topological polar surface area (TPSA) is 141 Å². The zero-order valence-corrected chi connectivity index (χ0v) is 16.5. The van der Waals surface area contributed by atoms with Crippen molar-refractivity contribution in [2.45, 2.75) is 6.92 Å². The molecule has 0 aliphatic carbocycles. The van der Waals surface area contributed by atoms with E-state index in [1.807, 2.05) is 6.92 Å². The van der Waals surface area contributed by atoms with Crippen LogP contribution < -0.4 is 30.7 Å². The standard InChI is InChI=1S/C20H22N4O6/c1-3-29-15-7-5-4-6-14(15)23-19(26)20(27)24-22-11-13-8-9-16(17(10-13)28-2)30-12-18(21)25/h4-11H,3,12H2,1-2H3,(H2,21,25)(H,23,26)(H,24,27)/b22-11+. The van der Waals surface area contributed by atoms with Crippen molar-refractivity contribution in [1.82, 2.24) is 5.43 Å². The number of nitrogens with two attached hydrogens (primary N) is 1. The van der Waals surface area contributed by atoms with Gasteiger partial charge in [0, 0.05) is 0 Å². The van der Waals surface area contributed by atoms with Crippen LogP contribution in [0.25, 0.3) is 0 Å². The highest BCUT2D eigenvalue weighted by atomic mass is 16.5. The Morgan fingerprint density at radius 2 is 1.80 bits per heavy atom. The Bertz CT molecular complexity index is 945. The number of benzene rings is 2. The van der Waals surface area contributed by atoms with Gasteiger partial charge in [-0.2, -0.15) is 5.10 Å². The molecule has 0 heterocycles. The number of hydrazone groups is 1. The van der Waals surface area contributed by atoms with Crippen LogP contribution in [-0.4, -0.2) is 44.3 Å². The van der Waals surface area contributed by atoms with Crippen LogP contribution in [0, 0.1) is 0 Å². The van der Waals surface area contributed by atoms with Gasteiger partial charge in [0.2, 0.25) is 0 Å². The van der Waals surface area contributed by atoms with Crippen LogP contribution in [0.1, 0.15) is 12.5 Å². The van der Waals surface area contributed by atoms with Gasteiger partial charge in [0.1, 0.15) is 5.75 Å². The van der Waals surface area contributed by atoms with Crippen molar-refractivity contribution in [3.05, 3.63) is 48.0 Å². The first-order valence-corrected chi connectivity index (χ1v) is 8.90. The maximum Gasteiger partial charge on any atom is 0.329 e. The van der Waals surface area contributed by atoms with Gasteiger partial charge in [-0.05, 0) is 42.8 Å². The summed E-state index contributed by atoms with van der Waals surface area (Å²) in [5, 5.41) is 6.22. The van der Waals surface area contributed by atoms with Gasteiger partial charge >= 0.3 is 11.8 Å². The van der Waals surface area contributed by atoms with Crippen LogP contribution >= 0.6 is 0 Å². The Balaban J connectivity index is 1.96. The summed E-state index contributed by atoms with van der Waals surface area (Å²) in [4.78, 5) is 34.8. The molecule has 4 N–H and O–H groups in total. The quantitative estimate of drug-likeness (QED) is 0.318. The fraction of sp³-hybridized carbons (Fsp3) is 0.200. The number of methoxy groups -OCH3 is 1. The minimum atomic E-state index is -0.953. The van der Waals surface area contributed by atoms with E-state index in [4.69, 9.17) is 19.9 Å². The zero-order valence-electron chi connectivity index (χ0n) is 16.5. The maximum atomic E-state index is 12.1. The Morgan fingerprint density at radius 1 is 1.03 bits per heavy atom. The summed E-state index contributed by atoms with van der Waals surface area (Å²) in [7, 11) is 1.43. The van der Waals surface area contributed by atoms with Crippen LogP contribution in [0.4, 0.5) is 5.69 Å². The average Bonchev–Trinajstić information content (AvgIpc) is 2.74. The fourth-order valence-corrected chi connectivity index (χ4v) is 2.28. The molecule has 2 aromatic carbocycles. The monoisotopic (exact) mass is 414 g/mol. The van der Waals surface area contributed by atoms with E-state index < -0.39 is 17.7 Å². The van der Waals surface area contributed by atoms with Crippen molar-refractivity contribution in [2.75, 3.05) is 25.6 Å². The number of hydrogen-bond donors (Lipinski definition) is 3. The molecule has 0 saturated heterocycles. The van der Waals surface area contributed by atoms with Crippen LogP contribution in [0.15, 0.2) is 47.6 Å². The van der Waals surface area contributed by atoms with Crippen molar-refractivity contribution >= 4 is 29.6 Å². The summed E-state index contributed by atoms with van der Waals surface area (Å²) < 4.78 is 15.8. The number of anilines is 1. The Labute approximate surface area is 173 Å². The number of carbonyl (C=O) groups is 3. The molecule has 0 bridgehead atoms. The lowest BCUT2D eigenvalue weighted by atomic mass is 10.2. The smallest absolute Gasteiger partial charge is 0.329 e. The molecule has 10 nitrogen and oxygen atoms in total. The summed E-state index contributed by atoms with van der Waals surface area (Å²) in [5.74, 6) is -1.34. The molecule has 10 heteroatoms. The van der Waals surface area contributed by atoms with Crippen molar-refractivity contribution < 1.29 is 28.6 Å². The van der Waals surface area contributed by atoms with E-state index >= 15 is 0 Å². The van der Waals surface area contributed by atoms with Crippen LogP contribution in [0.2, 0.25) is 0 Å². The van der Waals surface area contributed by atoms with Crippen molar-refractivity contribution in [2.24, 2.45) is 10.8 Å². The van der Waals surface area contributed by atoms with Crippen molar-refractivity contribution in [1.29, 1.82) is 0 Å². The fourth-order valence-electron chi connectivity index (χ4n) is 2.28. The molecule has 0 spiro atoms. The summed E-state index contributed by atoms with van der Waals surface area (Å²) in [6.45, 7) is 1.94. The van der Waals surface area contributed by atoms with Crippen molar-refractivity contribution in [3.8, 4) is 17.2 Å². The van der Waals surface area contributed by atoms with Crippen molar-refractivity contribution in [3.63, 3.8) is 0 Å². The van der Waals surface area contributed by atoms with Gasteiger partial charge < -0.3 is 25.3 Å². The molecule has 0 aromatic heterocycles. The summed E-state index contributed by atoms with van der Waals surface area (Å²) >= 11 is 0. The number of nitrogens with one attached hydrogen (secondary N) is 2. The summed E-state index contributed by atoms with van der Waals surface area (Å²) in [6.07, 6.45) is 1.32. The Kier molecular flexibility index (Phi) is 8.18. The minimum absolute atomic E-state index is 0.290. The second-order valence-corrected chi connectivity index (χ2v) is 5.75. The first-order valence-electron chi connectivity index (χ1n) is 8.90. The molecule has 158 valence electrons. The predicted octanol–water partition coefficient (Wildman–Crippen LogP) is 1.05. The molecule has 30 heavy (non-hydrogen) atoms. The van der Waals surface area contributed by atoms with Gasteiger partial charge in [0.05, 0.1) is 25.6 Å². The molecule has 3 amide bonds. The third-order valence-corrected chi connectivity index (χ3v) is 3.58. The predicted molar refractivity (Wildman–Crippen MR) is 110 cm³/mol. The highest BCUT2D eigenvalue weighted by Crippen LogP contribution is 2.27. The SMILES string of the molecule is CCOc1ccccc1NC(=O)C(=O)N/N=C/c1ccc(OCC(N)=O)c(OC)c1. The van der Waals surface area contributed by atoms with Crippen LogP contribution in [-0.2, 0) is 14.4 Å². The molecular formula is C20H22N4O6. The lowest BCUT2D eigenvalue weighted by molar-refractivity contribution is -0.136. The van der Waals surface area contributed by atoms with Crippen LogP contribution in [0.3, 0.4) is 0 Å². The molecule has 0 aliphatic heterocycles. The largest absolute Gasteiger partial charge is 0.493 e. The first kappa shape index (κ1) is 22.2. The van der Waals surface area contributed by atoms with Gasteiger partial charge in [0.15, 0.2) is 18.1 Å². The van der Waals surface area contributed by atoms with E-state index in [1.54, 1.807) is 42.5 Å². The number of para-hydroxylation sites is 2. The second-order valence-electron chi connectivity index (χ2n) is 5.75. The lowest BCUT2D eigenvalue weighted by Gasteiger charge is -2.10. The molecule has 0 radical (unpaired) electrons. The van der Waals surface area contributed by atoms with E-state index in [1.165, 1.54) is 13.3 Å². The minimum Gasteiger partial charge on any atom is -0.493 e. The third kappa shape index (κ3) is 6.51. The lowest BCUT2D eigenvalue weighted by Crippen LogP contribution is -2.32. The number of hydrogen-bond acceptors (Lipinski definition) is 7. The first-order chi connectivity index (χ1) is 14.4. The summed E-state index contributed by atoms with van der Waals surface area (Å²) in [5.41, 5.74) is 8.12. The van der Waals surface area contributed by atoms with Gasteiger partial charge in [-0.15, -0.1) is 0 Å². The number of ether oxygens (including phenoxy) is 3.